The molecule has 5 heteroatoms. The second kappa shape index (κ2) is 3.16. The summed E-state index contributed by atoms with van der Waals surface area (Å²) in [6.45, 7) is 1.33. The molecule has 0 amide bonds. The zero-order valence-electron chi connectivity index (χ0n) is 5.94. The predicted octanol–water partition coefficient (Wildman–Crippen LogP) is -0.304. The van der Waals surface area contributed by atoms with Gasteiger partial charge in [0.15, 0.2) is 0 Å². The summed E-state index contributed by atoms with van der Waals surface area (Å²) in [5.74, 6) is -0.467. The molecule has 0 saturated carbocycles. The maximum absolute atomic E-state index is 10.7. The largest absolute Gasteiger partial charge is 0.406 e. The highest BCUT2D eigenvalue weighted by molar-refractivity contribution is 5.75. The molecule has 1 unspecified atom stereocenters. The molecule has 0 aliphatic heterocycles. The number of nitrogens with one attached hydrogen (secondary N) is 1. The molecule has 0 aliphatic carbocycles. The van der Waals surface area contributed by atoms with E-state index in [0.29, 0.717) is 0 Å². The lowest BCUT2D eigenvalue weighted by Crippen LogP contribution is -2.22. The van der Waals surface area contributed by atoms with Crippen LogP contribution in [0.15, 0.2) is 12.5 Å². The number of esters is 1. The van der Waals surface area contributed by atoms with E-state index in [2.05, 4.69) is 14.7 Å². The van der Waals surface area contributed by atoms with Crippen molar-refractivity contribution in [2.75, 3.05) is 0 Å². The van der Waals surface area contributed by atoms with Gasteiger partial charge < -0.3 is 14.8 Å². The fraction of sp³-hybridized carbons (Fsp3) is 0.333. The summed E-state index contributed by atoms with van der Waals surface area (Å²) in [7, 11) is 0. The standard InChI is InChI=1S/C6H8N2O3/c1-4(9)6(10)11-5-2-7-3-8-5/h2-4,9H,1H3,(H,7,8). The Morgan fingerprint density at radius 1 is 1.91 bits per heavy atom. The van der Waals surface area contributed by atoms with Gasteiger partial charge in [-0.1, -0.05) is 0 Å². The molecule has 0 fully saturated rings. The third-order valence-electron chi connectivity index (χ3n) is 1.02. The van der Waals surface area contributed by atoms with Gasteiger partial charge in [-0.15, -0.1) is 0 Å². The average molecular weight is 156 g/mol. The number of rotatable bonds is 2. The summed E-state index contributed by atoms with van der Waals surface area (Å²) >= 11 is 0. The minimum atomic E-state index is -1.11. The summed E-state index contributed by atoms with van der Waals surface area (Å²) < 4.78 is 4.61. The van der Waals surface area contributed by atoms with Gasteiger partial charge in [-0.3, -0.25) is 0 Å². The summed E-state index contributed by atoms with van der Waals surface area (Å²) in [6.07, 6.45) is 1.61. The number of H-pyrrole nitrogens is 1. The predicted molar refractivity (Wildman–Crippen MR) is 35.9 cm³/mol. The fourth-order valence-corrected chi connectivity index (χ4v) is 0.493. The highest BCUT2D eigenvalue weighted by Crippen LogP contribution is 2.02. The Morgan fingerprint density at radius 3 is 3.09 bits per heavy atom. The van der Waals surface area contributed by atoms with E-state index in [4.69, 9.17) is 5.11 Å². The Kier molecular flexibility index (Phi) is 2.22. The van der Waals surface area contributed by atoms with Crippen molar-refractivity contribution in [3.8, 4) is 5.88 Å². The van der Waals surface area contributed by atoms with Crippen LogP contribution in [0.25, 0.3) is 0 Å². The van der Waals surface area contributed by atoms with E-state index in [1.165, 1.54) is 19.4 Å². The highest BCUT2D eigenvalue weighted by Gasteiger charge is 2.11. The first kappa shape index (κ1) is 7.74. The van der Waals surface area contributed by atoms with Crippen molar-refractivity contribution in [2.45, 2.75) is 13.0 Å². The molecule has 1 aromatic heterocycles. The molecule has 1 aromatic rings. The van der Waals surface area contributed by atoms with Crippen LogP contribution in [0.1, 0.15) is 6.92 Å². The van der Waals surface area contributed by atoms with Gasteiger partial charge in [0.05, 0.1) is 12.5 Å². The molecule has 0 bridgehead atoms. The number of imidazole rings is 1. The van der Waals surface area contributed by atoms with Gasteiger partial charge in [-0.2, -0.15) is 0 Å². The van der Waals surface area contributed by atoms with Crippen molar-refractivity contribution in [2.24, 2.45) is 0 Å². The molecule has 1 rings (SSSR count). The van der Waals surface area contributed by atoms with E-state index in [1.807, 2.05) is 0 Å². The number of aromatic amines is 1. The number of nitrogens with zero attached hydrogens (tertiary/aromatic N) is 1. The normalized spacial score (nSPS) is 12.5. The van der Waals surface area contributed by atoms with E-state index < -0.39 is 12.1 Å². The molecule has 0 radical (unpaired) electrons. The third kappa shape index (κ3) is 2.05. The molecule has 0 saturated heterocycles. The fourth-order valence-electron chi connectivity index (χ4n) is 0.493. The van der Waals surface area contributed by atoms with Crippen LogP contribution in [0, 0.1) is 0 Å². The maximum Gasteiger partial charge on any atom is 0.341 e. The van der Waals surface area contributed by atoms with Crippen LogP contribution >= 0.6 is 0 Å². The van der Waals surface area contributed by atoms with Crippen LogP contribution in [0.5, 0.6) is 5.88 Å². The lowest BCUT2D eigenvalue weighted by atomic mass is 10.4. The van der Waals surface area contributed by atoms with Crippen LogP contribution in [0.4, 0.5) is 0 Å². The molecule has 5 nitrogen and oxygen atoms in total. The first-order valence-corrected chi connectivity index (χ1v) is 3.08. The number of aliphatic hydroxyl groups excluding tert-OH is 1. The SMILES string of the molecule is CC(O)C(=O)Oc1cnc[nH]1. The van der Waals surface area contributed by atoms with Gasteiger partial charge in [0.2, 0.25) is 5.88 Å². The molecule has 1 heterocycles. The molecular weight excluding hydrogens is 148 g/mol. The summed E-state index contributed by atoms with van der Waals surface area (Å²) in [4.78, 5) is 16.9. The molecule has 1 atom stereocenters. The molecule has 0 spiro atoms. The van der Waals surface area contributed by atoms with E-state index in [9.17, 15) is 4.79 Å². The van der Waals surface area contributed by atoms with Crippen molar-refractivity contribution < 1.29 is 14.6 Å². The number of aliphatic hydroxyl groups is 1. The van der Waals surface area contributed by atoms with E-state index in [-0.39, 0.29) is 5.88 Å². The third-order valence-corrected chi connectivity index (χ3v) is 1.02. The Balaban J connectivity index is 2.50. The van der Waals surface area contributed by atoms with Crippen molar-refractivity contribution in [3.05, 3.63) is 12.5 Å². The number of carbonyl (C=O) groups is 1. The smallest absolute Gasteiger partial charge is 0.341 e. The van der Waals surface area contributed by atoms with Crippen LogP contribution in [0.2, 0.25) is 0 Å². The Bertz CT molecular complexity index is 230. The van der Waals surface area contributed by atoms with E-state index >= 15 is 0 Å². The molecule has 60 valence electrons. The molecular formula is C6H8N2O3. The number of carbonyl (C=O) groups excluding carboxylic acids is 1. The summed E-state index contributed by atoms with van der Waals surface area (Å²) in [5.41, 5.74) is 0. The van der Waals surface area contributed by atoms with Crippen LogP contribution in [0.3, 0.4) is 0 Å². The minimum absolute atomic E-state index is 0.232. The number of aromatic nitrogens is 2. The number of ether oxygens (including phenoxy) is 1. The minimum Gasteiger partial charge on any atom is -0.406 e. The topological polar surface area (TPSA) is 75.2 Å². The van der Waals surface area contributed by atoms with Gasteiger partial charge in [0, 0.05) is 0 Å². The van der Waals surface area contributed by atoms with Gasteiger partial charge in [-0.05, 0) is 6.92 Å². The highest BCUT2D eigenvalue weighted by atomic mass is 16.6. The Labute approximate surface area is 63.0 Å². The monoisotopic (exact) mass is 156 g/mol. The van der Waals surface area contributed by atoms with Gasteiger partial charge in [0.1, 0.15) is 6.10 Å². The molecule has 0 aliphatic rings. The molecule has 2 N–H and O–H groups in total. The Morgan fingerprint density at radius 2 is 2.64 bits per heavy atom. The van der Waals surface area contributed by atoms with Gasteiger partial charge in [0.25, 0.3) is 0 Å². The number of hydrogen-bond donors (Lipinski definition) is 2. The summed E-state index contributed by atoms with van der Waals surface area (Å²) in [5, 5.41) is 8.71. The lowest BCUT2D eigenvalue weighted by molar-refractivity contribution is -0.142. The van der Waals surface area contributed by atoms with Crippen molar-refractivity contribution in [1.82, 2.24) is 9.97 Å². The van der Waals surface area contributed by atoms with Crippen LogP contribution < -0.4 is 4.74 Å². The van der Waals surface area contributed by atoms with Crippen molar-refractivity contribution >= 4 is 5.97 Å². The molecule has 0 aromatic carbocycles. The average Bonchev–Trinajstić information content (AvgIpc) is 2.39. The summed E-state index contributed by atoms with van der Waals surface area (Å²) in [6, 6.07) is 0. The van der Waals surface area contributed by atoms with Crippen molar-refractivity contribution in [1.29, 1.82) is 0 Å². The quantitative estimate of drug-likeness (QED) is 0.576. The Hall–Kier alpha value is -1.36. The van der Waals surface area contributed by atoms with Crippen molar-refractivity contribution in [3.63, 3.8) is 0 Å². The second-order valence-electron chi connectivity index (χ2n) is 2.01. The van der Waals surface area contributed by atoms with Crippen LogP contribution in [-0.2, 0) is 4.79 Å². The maximum atomic E-state index is 10.7. The number of hydrogen-bond acceptors (Lipinski definition) is 4. The van der Waals surface area contributed by atoms with Gasteiger partial charge >= 0.3 is 5.97 Å². The first-order valence-electron chi connectivity index (χ1n) is 3.08. The first-order chi connectivity index (χ1) is 5.20. The van der Waals surface area contributed by atoms with E-state index in [1.54, 1.807) is 0 Å². The lowest BCUT2D eigenvalue weighted by Gasteiger charge is -2.01. The zero-order chi connectivity index (χ0) is 8.27. The zero-order valence-corrected chi connectivity index (χ0v) is 5.94. The van der Waals surface area contributed by atoms with Crippen LogP contribution in [-0.4, -0.2) is 27.1 Å². The second-order valence-corrected chi connectivity index (χ2v) is 2.01. The molecule has 11 heavy (non-hydrogen) atoms. The van der Waals surface area contributed by atoms with Gasteiger partial charge in [-0.25, -0.2) is 9.78 Å². The van der Waals surface area contributed by atoms with E-state index in [0.717, 1.165) is 0 Å².